The highest BCUT2D eigenvalue weighted by Crippen LogP contribution is 2.25. The first kappa shape index (κ1) is 23.7. The summed E-state index contributed by atoms with van der Waals surface area (Å²) in [7, 11) is -3.50. The summed E-state index contributed by atoms with van der Waals surface area (Å²) in [5.41, 5.74) is 6.67. The fraction of sp³-hybridized carbons (Fsp3) is 0.636. The number of sulfonamides is 1. The number of carbonyl (C=O) groups excluding carboxylic acids is 2. The second kappa shape index (κ2) is 10.6. The predicted octanol–water partition coefficient (Wildman–Crippen LogP) is 1.29. The van der Waals surface area contributed by atoms with E-state index < -0.39 is 22.1 Å². The Balaban J connectivity index is 1.60. The summed E-state index contributed by atoms with van der Waals surface area (Å²) in [6, 6.07) is 8.15. The topological polar surface area (TPSA) is 122 Å². The van der Waals surface area contributed by atoms with Gasteiger partial charge in [-0.3, -0.25) is 9.59 Å². The molecule has 0 bridgehead atoms. The molecule has 1 unspecified atom stereocenters. The van der Waals surface area contributed by atoms with E-state index in [-0.39, 0.29) is 24.3 Å². The molecule has 0 aromatic heterocycles. The molecule has 172 valence electrons. The van der Waals surface area contributed by atoms with Gasteiger partial charge < -0.3 is 16.0 Å². The second-order valence-corrected chi connectivity index (χ2v) is 10.6. The molecular formula is C22H34N4O4S. The van der Waals surface area contributed by atoms with E-state index in [0.717, 1.165) is 43.9 Å². The van der Waals surface area contributed by atoms with E-state index in [9.17, 15) is 18.0 Å². The quantitative estimate of drug-likeness (QED) is 0.551. The zero-order valence-corrected chi connectivity index (χ0v) is 18.9. The van der Waals surface area contributed by atoms with Gasteiger partial charge in [0.2, 0.25) is 21.8 Å². The average molecular weight is 451 g/mol. The summed E-state index contributed by atoms with van der Waals surface area (Å²) in [5.74, 6) is 0.107. The summed E-state index contributed by atoms with van der Waals surface area (Å²) >= 11 is 0. The summed E-state index contributed by atoms with van der Waals surface area (Å²) in [6.45, 7) is 1.13. The van der Waals surface area contributed by atoms with E-state index >= 15 is 0 Å². The standard InChI is InChI=1S/C22H34N4O4S/c1-31(29,30)25-19(17-6-3-2-4-7-17)14-21(27)26-13-5-8-20(26)22(28)24-15-16-9-11-18(23)12-10-16/h2-4,6-7,16,18-20,25H,5,8-15,23H2,1H3,(H,24,28)/t16?,18?,19?,20-/m0/s1. The number of nitrogens with two attached hydrogens (primary N) is 1. The van der Waals surface area contributed by atoms with Crippen LogP contribution < -0.4 is 15.8 Å². The first-order valence-electron chi connectivity index (χ1n) is 11.1. The van der Waals surface area contributed by atoms with Crippen LogP contribution >= 0.6 is 0 Å². The van der Waals surface area contributed by atoms with Gasteiger partial charge in [-0.2, -0.15) is 0 Å². The Labute approximate surface area is 185 Å². The minimum atomic E-state index is -3.50. The Morgan fingerprint density at radius 3 is 2.45 bits per heavy atom. The van der Waals surface area contributed by atoms with Gasteiger partial charge in [0.05, 0.1) is 12.3 Å². The molecule has 4 N–H and O–H groups in total. The highest BCUT2D eigenvalue weighted by atomic mass is 32.2. The van der Waals surface area contributed by atoms with Crippen molar-refractivity contribution in [1.82, 2.24) is 14.9 Å². The van der Waals surface area contributed by atoms with Gasteiger partial charge in [0.1, 0.15) is 6.04 Å². The van der Waals surface area contributed by atoms with Gasteiger partial charge in [0.15, 0.2) is 0 Å². The minimum absolute atomic E-state index is 0.0264. The molecule has 1 saturated carbocycles. The number of nitrogens with zero attached hydrogens (tertiary/aromatic N) is 1. The molecule has 1 heterocycles. The lowest BCUT2D eigenvalue weighted by atomic mass is 9.86. The molecule has 1 aliphatic heterocycles. The Kier molecular flexibility index (Phi) is 8.07. The molecule has 1 aromatic rings. The van der Waals surface area contributed by atoms with Gasteiger partial charge in [-0.1, -0.05) is 30.3 Å². The fourth-order valence-corrected chi connectivity index (χ4v) is 5.29. The average Bonchev–Trinajstić information content (AvgIpc) is 3.22. The molecule has 2 aliphatic rings. The number of carbonyl (C=O) groups is 2. The van der Waals surface area contributed by atoms with E-state index in [4.69, 9.17) is 5.73 Å². The number of rotatable bonds is 8. The summed E-state index contributed by atoms with van der Waals surface area (Å²) in [5, 5.41) is 3.03. The molecule has 0 spiro atoms. The van der Waals surface area contributed by atoms with Crippen molar-refractivity contribution in [3.8, 4) is 0 Å². The summed E-state index contributed by atoms with van der Waals surface area (Å²) < 4.78 is 26.2. The molecule has 3 rings (SSSR count). The van der Waals surface area contributed by atoms with Crippen LogP contribution in [0, 0.1) is 5.92 Å². The smallest absolute Gasteiger partial charge is 0.242 e. The number of amides is 2. The highest BCUT2D eigenvalue weighted by molar-refractivity contribution is 7.88. The molecule has 2 atom stereocenters. The van der Waals surface area contributed by atoms with E-state index in [1.54, 1.807) is 29.2 Å². The number of likely N-dealkylation sites (tertiary alicyclic amines) is 1. The molecule has 2 fully saturated rings. The van der Waals surface area contributed by atoms with Crippen molar-refractivity contribution in [2.75, 3.05) is 19.3 Å². The lowest BCUT2D eigenvalue weighted by Gasteiger charge is -2.29. The van der Waals surface area contributed by atoms with Crippen LogP contribution in [0.15, 0.2) is 30.3 Å². The van der Waals surface area contributed by atoms with Crippen LogP contribution in [0.4, 0.5) is 0 Å². The molecule has 0 radical (unpaired) electrons. The third kappa shape index (κ3) is 7.02. The maximum Gasteiger partial charge on any atom is 0.242 e. The first-order valence-corrected chi connectivity index (χ1v) is 13.0. The number of hydrogen-bond donors (Lipinski definition) is 3. The van der Waals surface area contributed by atoms with Gasteiger partial charge in [-0.15, -0.1) is 0 Å². The van der Waals surface area contributed by atoms with Crippen LogP contribution in [0.5, 0.6) is 0 Å². The van der Waals surface area contributed by atoms with Crippen molar-refractivity contribution in [3.63, 3.8) is 0 Å². The summed E-state index contributed by atoms with van der Waals surface area (Å²) in [4.78, 5) is 27.5. The van der Waals surface area contributed by atoms with Crippen LogP contribution in [0.1, 0.15) is 56.6 Å². The van der Waals surface area contributed by atoms with Crippen molar-refractivity contribution in [2.45, 2.75) is 63.1 Å². The molecule has 9 heteroatoms. The van der Waals surface area contributed by atoms with Crippen molar-refractivity contribution in [2.24, 2.45) is 11.7 Å². The van der Waals surface area contributed by atoms with Crippen molar-refractivity contribution in [3.05, 3.63) is 35.9 Å². The highest BCUT2D eigenvalue weighted by Gasteiger charge is 2.35. The molecule has 1 saturated heterocycles. The number of hydrogen-bond acceptors (Lipinski definition) is 5. The Morgan fingerprint density at radius 1 is 1.13 bits per heavy atom. The van der Waals surface area contributed by atoms with Gasteiger partial charge in [-0.25, -0.2) is 13.1 Å². The Morgan fingerprint density at radius 2 is 1.81 bits per heavy atom. The third-order valence-electron chi connectivity index (χ3n) is 6.27. The van der Waals surface area contributed by atoms with Gasteiger partial charge >= 0.3 is 0 Å². The van der Waals surface area contributed by atoms with Crippen molar-refractivity contribution in [1.29, 1.82) is 0 Å². The van der Waals surface area contributed by atoms with E-state index in [2.05, 4.69) is 10.0 Å². The lowest BCUT2D eigenvalue weighted by molar-refractivity contribution is -0.138. The van der Waals surface area contributed by atoms with E-state index in [1.807, 2.05) is 6.07 Å². The summed E-state index contributed by atoms with van der Waals surface area (Å²) in [6.07, 6.45) is 6.46. The van der Waals surface area contributed by atoms with E-state index in [0.29, 0.717) is 25.4 Å². The maximum absolute atomic E-state index is 13.1. The van der Waals surface area contributed by atoms with Crippen LogP contribution in [-0.4, -0.2) is 56.6 Å². The molecule has 2 amide bonds. The van der Waals surface area contributed by atoms with Gasteiger partial charge in [0.25, 0.3) is 0 Å². The van der Waals surface area contributed by atoms with Gasteiger partial charge in [0, 0.05) is 25.6 Å². The third-order valence-corrected chi connectivity index (χ3v) is 6.98. The molecule has 1 aromatic carbocycles. The largest absolute Gasteiger partial charge is 0.354 e. The van der Waals surface area contributed by atoms with Crippen LogP contribution in [-0.2, 0) is 19.6 Å². The SMILES string of the molecule is CS(=O)(=O)NC(CC(=O)N1CCC[C@H]1C(=O)NCC1CCC(N)CC1)c1ccccc1. The van der Waals surface area contributed by atoms with Crippen molar-refractivity contribution >= 4 is 21.8 Å². The Hall–Kier alpha value is -1.97. The fourth-order valence-electron chi connectivity index (χ4n) is 4.56. The lowest BCUT2D eigenvalue weighted by Crippen LogP contribution is -2.48. The zero-order chi connectivity index (χ0) is 22.4. The molecule has 31 heavy (non-hydrogen) atoms. The van der Waals surface area contributed by atoms with Crippen LogP contribution in [0.2, 0.25) is 0 Å². The molecular weight excluding hydrogens is 416 g/mol. The Bertz CT molecular complexity index is 854. The van der Waals surface area contributed by atoms with E-state index in [1.165, 1.54) is 0 Å². The van der Waals surface area contributed by atoms with Crippen LogP contribution in [0.25, 0.3) is 0 Å². The minimum Gasteiger partial charge on any atom is -0.354 e. The molecule has 8 nitrogen and oxygen atoms in total. The van der Waals surface area contributed by atoms with Crippen LogP contribution in [0.3, 0.4) is 0 Å². The molecule has 1 aliphatic carbocycles. The monoisotopic (exact) mass is 450 g/mol. The second-order valence-electron chi connectivity index (χ2n) is 8.83. The normalized spacial score (nSPS) is 25.2. The maximum atomic E-state index is 13.1. The van der Waals surface area contributed by atoms with Crippen molar-refractivity contribution < 1.29 is 18.0 Å². The van der Waals surface area contributed by atoms with Gasteiger partial charge in [-0.05, 0) is 50.0 Å². The predicted molar refractivity (Wildman–Crippen MR) is 119 cm³/mol. The first-order chi connectivity index (χ1) is 14.7. The number of nitrogens with one attached hydrogen (secondary N) is 2. The number of benzene rings is 1. The zero-order valence-electron chi connectivity index (χ0n) is 18.1.